The van der Waals surface area contributed by atoms with E-state index in [0.717, 1.165) is 22.9 Å². The van der Waals surface area contributed by atoms with Gasteiger partial charge in [0.1, 0.15) is 6.29 Å². The minimum absolute atomic E-state index is 0.390. The Labute approximate surface area is 251 Å². The Morgan fingerprint density at radius 2 is 1.49 bits per heavy atom. The Morgan fingerprint density at radius 3 is 2.05 bits per heavy atom. The summed E-state index contributed by atoms with van der Waals surface area (Å²) in [6.07, 6.45) is -1.64. The van der Waals surface area contributed by atoms with Crippen LogP contribution in [-0.2, 0) is 32.6 Å². The molecular formula is C26H29Cl2N2O9PS. The van der Waals surface area contributed by atoms with Crippen LogP contribution < -0.4 is 4.31 Å². The highest BCUT2D eigenvalue weighted by Crippen LogP contribution is 2.51. The first kappa shape index (κ1) is 32.8. The van der Waals surface area contributed by atoms with Gasteiger partial charge in [0.05, 0.1) is 17.7 Å². The molecule has 0 aliphatic carbocycles. The van der Waals surface area contributed by atoms with Crippen LogP contribution >= 0.6 is 42.7 Å². The van der Waals surface area contributed by atoms with Gasteiger partial charge in [-0.25, -0.2) is 9.59 Å². The topological polar surface area (TPSA) is 123 Å². The number of pyridine rings is 1. The van der Waals surface area contributed by atoms with Gasteiger partial charge in [-0.3, -0.25) is 22.9 Å². The van der Waals surface area contributed by atoms with Crippen LogP contribution in [0.15, 0.2) is 59.6 Å². The maximum Gasteiger partial charge on any atom is 0.510 e. The molecule has 0 saturated heterocycles. The van der Waals surface area contributed by atoms with Crippen molar-refractivity contribution in [3.63, 3.8) is 0 Å². The average Bonchev–Trinajstić information content (AvgIpc) is 2.86. The Bertz CT molecular complexity index is 1340. The second-order valence-corrected chi connectivity index (χ2v) is 12.8. The summed E-state index contributed by atoms with van der Waals surface area (Å²) in [5.74, 6) is 0. The van der Waals surface area contributed by atoms with Gasteiger partial charge in [0.2, 0.25) is 13.6 Å². The summed E-state index contributed by atoms with van der Waals surface area (Å²) in [7, 11) is -4.18. The molecular weight excluding hydrogens is 618 g/mol. The first-order chi connectivity index (χ1) is 19.4. The van der Waals surface area contributed by atoms with E-state index in [1.165, 1.54) is 0 Å². The van der Waals surface area contributed by atoms with Gasteiger partial charge >= 0.3 is 19.9 Å². The second kappa shape index (κ2) is 15.5. The van der Waals surface area contributed by atoms with E-state index in [9.17, 15) is 14.2 Å². The number of benzene rings is 2. The van der Waals surface area contributed by atoms with Crippen molar-refractivity contribution in [1.29, 1.82) is 0 Å². The highest BCUT2D eigenvalue weighted by Gasteiger charge is 2.31. The number of hydrogen-bond donors (Lipinski definition) is 0. The molecule has 0 bridgehead atoms. The summed E-state index contributed by atoms with van der Waals surface area (Å²) in [6, 6.07) is 14.0. The number of carbonyl (C=O) groups is 2. The van der Waals surface area contributed by atoms with Gasteiger partial charge in [-0.2, -0.15) is 0 Å². The minimum Gasteiger partial charge on any atom is -0.432 e. The van der Waals surface area contributed by atoms with E-state index in [1.807, 2.05) is 12.1 Å². The molecule has 11 nitrogen and oxygen atoms in total. The normalized spacial score (nSPS) is 11.5. The van der Waals surface area contributed by atoms with Gasteiger partial charge in [-0.05, 0) is 82.1 Å². The summed E-state index contributed by atoms with van der Waals surface area (Å²) in [5, 5.41) is 1.61. The highest BCUT2D eigenvalue weighted by molar-refractivity contribution is 8.01. The first-order valence-electron chi connectivity index (χ1n) is 12.2. The number of rotatable bonds is 13. The van der Waals surface area contributed by atoms with Gasteiger partial charge in [-0.15, -0.1) is 0 Å². The number of aromatic nitrogens is 1. The number of carbonyl (C=O) groups excluding carboxylic acids is 2. The maximum atomic E-state index is 14.0. The molecule has 0 unspecified atom stereocenters. The molecule has 0 radical (unpaired) electrons. The zero-order valence-electron chi connectivity index (χ0n) is 22.7. The van der Waals surface area contributed by atoms with Crippen LogP contribution in [0.1, 0.15) is 27.7 Å². The third kappa shape index (κ3) is 11.2. The molecule has 0 aliphatic heterocycles. The van der Waals surface area contributed by atoms with Crippen LogP contribution in [0.25, 0.3) is 10.9 Å². The molecule has 0 amide bonds. The van der Waals surface area contributed by atoms with E-state index in [4.69, 9.17) is 51.2 Å². The number of ether oxygens (including phenoxy) is 4. The van der Waals surface area contributed by atoms with E-state index in [2.05, 4.69) is 4.98 Å². The first-order valence-corrected chi connectivity index (χ1v) is 15.5. The Hall–Kier alpha value is -2.73. The van der Waals surface area contributed by atoms with Crippen molar-refractivity contribution in [2.75, 3.05) is 24.2 Å². The molecule has 222 valence electrons. The molecule has 1 aromatic heterocycles. The molecule has 0 aliphatic rings. The van der Waals surface area contributed by atoms with Gasteiger partial charge in [0.25, 0.3) is 0 Å². The van der Waals surface area contributed by atoms with Crippen molar-refractivity contribution in [2.45, 2.75) is 44.8 Å². The molecule has 41 heavy (non-hydrogen) atoms. The van der Waals surface area contributed by atoms with Gasteiger partial charge in [0.15, 0.2) is 0 Å². The smallest absolute Gasteiger partial charge is 0.432 e. The van der Waals surface area contributed by atoms with Crippen LogP contribution in [0.4, 0.5) is 15.3 Å². The lowest BCUT2D eigenvalue weighted by Gasteiger charge is -2.28. The third-order valence-electron chi connectivity index (χ3n) is 4.74. The molecule has 1 heterocycles. The molecule has 2 aromatic carbocycles. The van der Waals surface area contributed by atoms with Crippen LogP contribution in [0.2, 0.25) is 10.0 Å². The highest BCUT2D eigenvalue weighted by atomic mass is 35.5. The van der Waals surface area contributed by atoms with E-state index in [0.29, 0.717) is 20.6 Å². The van der Waals surface area contributed by atoms with E-state index in [1.54, 1.807) is 74.6 Å². The fraction of sp³-hybridized carbons (Fsp3) is 0.346. The molecule has 15 heteroatoms. The summed E-state index contributed by atoms with van der Waals surface area (Å²) < 4.78 is 46.0. The Kier molecular flexibility index (Phi) is 12.4. The molecule has 0 saturated carbocycles. The van der Waals surface area contributed by atoms with Gasteiger partial charge in [-0.1, -0.05) is 29.3 Å². The van der Waals surface area contributed by atoms with Gasteiger partial charge in [0, 0.05) is 32.2 Å². The second-order valence-electron chi connectivity index (χ2n) is 8.82. The predicted octanol–water partition coefficient (Wildman–Crippen LogP) is 8.28. The van der Waals surface area contributed by atoms with Crippen molar-refractivity contribution < 1.29 is 42.1 Å². The summed E-state index contributed by atoms with van der Waals surface area (Å²) in [5.41, 5.74) is 1.34. The lowest BCUT2D eigenvalue weighted by Crippen LogP contribution is -2.21. The largest absolute Gasteiger partial charge is 0.510 e. The molecule has 0 fully saturated rings. The number of fused-ring (bicyclic) bond motifs is 1. The molecule has 0 atom stereocenters. The van der Waals surface area contributed by atoms with Gasteiger partial charge < -0.3 is 18.9 Å². The summed E-state index contributed by atoms with van der Waals surface area (Å²) in [6.45, 7) is 5.03. The van der Waals surface area contributed by atoms with Crippen molar-refractivity contribution in [3.8, 4) is 0 Å². The fourth-order valence-corrected chi connectivity index (χ4v) is 6.41. The van der Waals surface area contributed by atoms with Crippen LogP contribution in [0, 0.1) is 0 Å². The van der Waals surface area contributed by atoms with Crippen LogP contribution in [-0.4, -0.2) is 49.4 Å². The van der Waals surface area contributed by atoms with E-state index < -0.39 is 52.0 Å². The molecule has 0 spiro atoms. The fourth-order valence-electron chi connectivity index (χ4n) is 3.13. The number of anilines is 1. The zero-order valence-corrected chi connectivity index (χ0v) is 25.9. The van der Waals surface area contributed by atoms with Crippen LogP contribution in [0.5, 0.6) is 0 Å². The summed E-state index contributed by atoms with van der Waals surface area (Å²) in [4.78, 5) is 28.6. The lowest BCUT2D eigenvalue weighted by molar-refractivity contribution is -0.0300. The molecule has 0 N–H and O–H groups in total. The number of halogens is 2. The Morgan fingerprint density at radius 1 is 0.902 bits per heavy atom. The zero-order chi connectivity index (χ0) is 30.0. The SMILES string of the molecule is CC(C)OC(=O)OCOP(=O)(CN(Sc1cc(Cl)cc(Cl)c1)c1ccc2ncccc2c1)OCOC(=O)OC(C)C. The maximum absolute atomic E-state index is 14.0. The standard InChI is InChI=1S/C26H29Cl2N2O9PS/c1-17(2)38-25(31)34-15-36-40(33,37-16-35-26(32)39-18(3)4)14-30(41-23-12-20(27)11-21(28)13-23)22-7-8-24-19(10-22)6-5-9-29-24/h5-13,17-18H,14-16H2,1-4H3. The van der Waals surface area contributed by atoms with Crippen LogP contribution in [0.3, 0.4) is 0 Å². The van der Waals surface area contributed by atoms with Crippen molar-refractivity contribution in [3.05, 3.63) is 64.8 Å². The lowest BCUT2D eigenvalue weighted by atomic mass is 10.2. The molecule has 3 rings (SSSR count). The van der Waals surface area contributed by atoms with E-state index >= 15 is 0 Å². The monoisotopic (exact) mass is 646 g/mol. The Balaban J connectivity index is 1.89. The van der Waals surface area contributed by atoms with Crippen molar-refractivity contribution in [2.24, 2.45) is 0 Å². The average molecular weight is 647 g/mol. The summed E-state index contributed by atoms with van der Waals surface area (Å²) >= 11 is 13.6. The van der Waals surface area contributed by atoms with Crippen molar-refractivity contribution >= 4 is 71.6 Å². The van der Waals surface area contributed by atoms with E-state index in [-0.39, 0.29) is 0 Å². The quantitative estimate of drug-likeness (QED) is 0.0768. The number of hydrogen-bond acceptors (Lipinski definition) is 12. The minimum atomic E-state index is -4.18. The third-order valence-corrected chi connectivity index (χ3v) is 8.01. The molecule has 3 aromatic rings. The van der Waals surface area contributed by atoms with Crippen molar-refractivity contribution in [1.82, 2.24) is 4.98 Å². The predicted molar refractivity (Wildman–Crippen MR) is 156 cm³/mol. The number of nitrogens with zero attached hydrogens (tertiary/aromatic N) is 2.